The van der Waals surface area contributed by atoms with Gasteiger partial charge in [0.1, 0.15) is 18.9 Å². The average molecular weight is 296 g/mol. The van der Waals surface area contributed by atoms with Crippen LogP contribution in [-0.4, -0.2) is 29.4 Å². The van der Waals surface area contributed by atoms with Crippen LogP contribution in [-0.2, 0) is 0 Å². The normalized spacial score (nSPS) is 13.3. The molecule has 0 atom stereocenters. The van der Waals surface area contributed by atoms with E-state index in [0.717, 1.165) is 5.56 Å². The van der Waals surface area contributed by atoms with Crippen molar-refractivity contribution in [3.63, 3.8) is 0 Å². The van der Waals surface area contributed by atoms with Crippen LogP contribution in [0.1, 0.15) is 16.1 Å². The van der Waals surface area contributed by atoms with E-state index < -0.39 is 5.97 Å². The summed E-state index contributed by atoms with van der Waals surface area (Å²) in [6.45, 7) is 2.64. The SMILES string of the molecule is Cc1c(Cl)cc2c(c1-c1cc(C(=O)O)on1)OCCO2. The van der Waals surface area contributed by atoms with Crippen LogP contribution in [0.15, 0.2) is 16.7 Å². The van der Waals surface area contributed by atoms with Gasteiger partial charge >= 0.3 is 5.97 Å². The number of fused-ring (bicyclic) bond motifs is 1. The maximum atomic E-state index is 10.9. The third-order valence-electron chi connectivity index (χ3n) is 3.01. The van der Waals surface area contributed by atoms with Gasteiger partial charge in [0.25, 0.3) is 0 Å². The van der Waals surface area contributed by atoms with Crippen LogP contribution >= 0.6 is 11.6 Å². The van der Waals surface area contributed by atoms with Crippen LogP contribution in [0.3, 0.4) is 0 Å². The van der Waals surface area contributed by atoms with Gasteiger partial charge in [0.2, 0.25) is 5.76 Å². The highest BCUT2D eigenvalue weighted by atomic mass is 35.5. The molecule has 2 aromatic rings. The first-order valence-electron chi connectivity index (χ1n) is 5.87. The van der Waals surface area contributed by atoms with E-state index in [1.807, 2.05) is 0 Å². The van der Waals surface area contributed by atoms with Crippen molar-refractivity contribution in [2.45, 2.75) is 6.92 Å². The fourth-order valence-electron chi connectivity index (χ4n) is 2.05. The number of carbonyl (C=O) groups is 1. The summed E-state index contributed by atoms with van der Waals surface area (Å²) in [7, 11) is 0. The van der Waals surface area contributed by atoms with Gasteiger partial charge in [0.05, 0.1) is 5.56 Å². The fourth-order valence-corrected chi connectivity index (χ4v) is 2.24. The number of benzene rings is 1. The van der Waals surface area contributed by atoms with E-state index in [4.69, 9.17) is 30.7 Å². The smallest absolute Gasteiger partial charge is 0.374 e. The Kier molecular flexibility index (Phi) is 3.02. The molecule has 6 nitrogen and oxygen atoms in total. The highest BCUT2D eigenvalue weighted by Crippen LogP contribution is 2.44. The molecule has 104 valence electrons. The summed E-state index contributed by atoms with van der Waals surface area (Å²) in [5.74, 6) is -0.413. The summed E-state index contributed by atoms with van der Waals surface area (Å²) in [5, 5.41) is 13.1. The zero-order valence-corrected chi connectivity index (χ0v) is 11.2. The van der Waals surface area contributed by atoms with Crippen molar-refractivity contribution in [1.29, 1.82) is 0 Å². The average Bonchev–Trinajstić information content (AvgIpc) is 2.90. The highest BCUT2D eigenvalue weighted by molar-refractivity contribution is 6.32. The zero-order valence-electron chi connectivity index (χ0n) is 10.5. The Labute approximate surface area is 118 Å². The minimum atomic E-state index is -1.19. The van der Waals surface area contributed by atoms with Crippen LogP contribution in [0.25, 0.3) is 11.3 Å². The molecule has 0 unspecified atom stereocenters. The van der Waals surface area contributed by atoms with Crippen LogP contribution in [0, 0.1) is 6.92 Å². The van der Waals surface area contributed by atoms with Crippen molar-refractivity contribution in [2.75, 3.05) is 13.2 Å². The van der Waals surface area contributed by atoms with E-state index in [1.54, 1.807) is 13.0 Å². The molecule has 3 rings (SSSR count). The monoisotopic (exact) mass is 295 g/mol. The van der Waals surface area contributed by atoms with E-state index in [9.17, 15) is 4.79 Å². The number of nitrogens with zero attached hydrogens (tertiary/aromatic N) is 1. The van der Waals surface area contributed by atoms with E-state index in [1.165, 1.54) is 6.07 Å². The molecular weight excluding hydrogens is 286 g/mol. The highest BCUT2D eigenvalue weighted by Gasteiger charge is 2.24. The van der Waals surface area contributed by atoms with Crippen molar-refractivity contribution in [3.8, 4) is 22.8 Å². The van der Waals surface area contributed by atoms with Crippen LogP contribution < -0.4 is 9.47 Å². The number of rotatable bonds is 2. The standard InChI is InChI=1S/C13H10ClNO5/c1-6-7(14)4-9-12(19-3-2-18-9)11(6)8-5-10(13(16)17)20-15-8/h4-5H,2-3H2,1H3,(H,16,17). The van der Waals surface area contributed by atoms with E-state index in [-0.39, 0.29) is 5.76 Å². The third kappa shape index (κ3) is 1.98. The summed E-state index contributed by atoms with van der Waals surface area (Å²) in [6.07, 6.45) is 0. The molecule has 0 amide bonds. The minimum absolute atomic E-state index is 0.246. The fraction of sp³-hybridized carbons (Fsp3) is 0.231. The molecule has 20 heavy (non-hydrogen) atoms. The van der Waals surface area contributed by atoms with Crippen molar-refractivity contribution in [1.82, 2.24) is 5.16 Å². The van der Waals surface area contributed by atoms with Crippen molar-refractivity contribution in [2.24, 2.45) is 0 Å². The number of aromatic nitrogens is 1. The summed E-state index contributed by atoms with van der Waals surface area (Å²) < 4.78 is 15.9. The van der Waals surface area contributed by atoms with E-state index >= 15 is 0 Å². The number of hydrogen-bond donors (Lipinski definition) is 1. The van der Waals surface area contributed by atoms with Gasteiger partial charge in [-0.2, -0.15) is 0 Å². The number of hydrogen-bond acceptors (Lipinski definition) is 5. The number of carboxylic acids is 1. The lowest BCUT2D eigenvalue weighted by atomic mass is 10.0. The largest absolute Gasteiger partial charge is 0.486 e. The predicted molar refractivity (Wildman–Crippen MR) is 69.6 cm³/mol. The summed E-state index contributed by atoms with van der Waals surface area (Å²) in [4.78, 5) is 10.9. The molecule has 0 radical (unpaired) electrons. The molecule has 1 N–H and O–H groups in total. The van der Waals surface area contributed by atoms with Crippen molar-refractivity contribution >= 4 is 17.6 Å². The van der Waals surface area contributed by atoms with Gasteiger partial charge < -0.3 is 19.1 Å². The summed E-state index contributed by atoms with van der Waals surface area (Å²) in [5.41, 5.74) is 1.66. The molecule has 0 aliphatic carbocycles. The first-order chi connectivity index (χ1) is 9.58. The number of aromatic carboxylic acids is 1. The molecule has 2 heterocycles. The lowest BCUT2D eigenvalue weighted by Gasteiger charge is -2.22. The Bertz CT molecular complexity index is 694. The quantitative estimate of drug-likeness (QED) is 0.917. The lowest BCUT2D eigenvalue weighted by molar-refractivity contribution is 0.0652. The first kappa shape index (κ1) is 12.8. The van der Waals surface area contributed by atoms with Gasteiger partial charge in [0.15, 0.2) is 11.5 Å². The number of ether oxygens (including phenoxy) is 2. The van der Waals surface area contributed by atoms with Crippen LogP contribution in [0.5, 0.6) is 11.5 Å². The second kappa shape index (κ2) is 4.72. The van der Waals surface area contributed by atoms with Gasteiger partial charge in [-0.15, -0.1) is 0 Å². The van der Waals surface area contributed by atoms with Gasteiger partial charge in [-0.25, -0.2) is 4.79 Å². The second-order valence-corrected chi connectivity index (χ2v) is 4.67. The predicted octanol–water partition coefficient (Wildman–Crippen LogP) is 2.77. The van der Waals surface area contributed by atoms with E-state index in [2.05, 4.69) is 5.16 Å². The molecule has 0 saturated heterocycles. The molecule has 0 spiro atoms. The van der Waals surface area contributed by atoms with Crippen LogP contribution in [0.4, 0.5) is 0 Å². The van der Waals surface area contributed by atoms with Crippen LogP contribution in [0.2, 0.25) is 5.02 Å². The van der Waals surface area contributed by atoms with Gasteiger partial charge in [0, 0.05) is 17.2 Å². The summed E-state index contributed by atoms with van der Waals surface area (Å²) in [6, 6.07) is 3.01. The van der Waals surface area contributed by atoms with Crippen molar-refractivity contribution < 1.29 is 23.9 Å². The molecule has 0 saturated carbocycles. The second-order valence-electron chi connectivity index (χ2n) is 4.26. The maximum absolute atomic E-state index is 10.9. The third-order valence-corrected chi connectivity index (χ3v) is 3.40. The van der Waals surface area contributed by atoms with Gasteiger partial charge in [-0.3, -0.25) is 0 Å². The molecule has 1 aromatic carbocycles. The van der Waals surface area contributed by atoms with Crippen molar-refractivity contribution in [3.05, 3.63) is 28.5 Å². The first-order valence-corrected chi connectivity index (χ1v) is 6.25. The molecule has 1 aliphatic rings. The molecular formula is C13H10ClNO5. The topological polar surface area (TPSA) is 81.8 Å². The Morgan fingerprint density at radius 2 is 2.10 bits per heavy atom. The number of halogens is 1. The molecule has 0 bridgehead atoms. The molecule has 0 fully saturated rings. The molecule has 7 heteroatoms. The summed E-state index contributed by atoms with van der Waals surface area (Å²) >= 11 is 6.16. The Morgan fingerprint density at radius 1 is 1.35 bits per heavy atom. The molecule has 1 aromatic heterocycles. The Hall–Kier alpha value is -2.21. The van der Waals surface area contributed by atoms with E-state index in [0.29, 0.717) is 41.0 Å². The number of carboxylic acid groups (broad SMARTS) is 1. The van der Waals surface area contributed by atoms with Gasteiger partial charge in [-0.05, 0) is 12.5 Å². The minimum Gasteiger partial charge on any atom is -0.486 e. The Balaban J connectivity index is 2.20. The Morgan fingerprint density at radius 3 is 2.80 bits per heavy atom. The lowest BCUT2D eigenvalue weighted by Crippen LogP contribution is -2.16. The maximum Gasteiger partial charge on any atom is 0.374 e. The molecule has 1 aliphatic heterocycles. The van der Waals surface area contributed by atoms with Gasteiger partial charge in [-0.1, -0.05) is 16.8 Å². The zero-order chi connectivity index (χ0) is 14.3.